The van der Waals surface area contributed by atoms with Gasteiger partial charge in [0.1, 0.15) is 11.6 Å². The van der Waals surface area contributed by atoms with E-state index in [1.807, 2.05) is 6.20 Å². The Morgan fingerprint density at radius 3 is 1.94 bits per heavy atom. The van der Waals surface area contributed by atoms with Crippen LogP contribution in [0.1, 0.15) is 101 Å². The van der Waals surface area contributed by atoms with Crippen LogP contribution in [0.4, 0.5) is 8.78 Å². The fourth-order valence-corrected chi connectivity index (χ4v) is 8.75. The minimum Gasteiger partial charge on any atom is -0.481 e. The van der Waals surface area contributed by atoms with Crippen molar-refractivity contribution in [2.75, 3.05) is 13.1 Å². The first-order chi connectivity index (χ1) is 23.9. The van der Waals surface area contributed by atoms with Crippen molar-refractivity contribution in [1.29, 1.82) is 0 Å². The van der Waals surface area contributed by atoms with Crippen LogP contribution >= 0.6 is 0 Å². The Bertz CT molecular complexity index is 1670. The molecule has 2 saturated carbocycles. The molecule has 2 aliphatic heterocycles. The van der Waals surface area contributed by atoms with Gasteiger partial charge >= 0.3 is 5.97 Å². The minimum atomic E-state index is -0.847. The van der Waals surface area contributed by atoms with Gasteiger partial charge in [0.25, 0.3) is 0 Å². The van der Waals surface area contributed by atoms with Gasteiger partial charge in [-0.15, -0.1) is 0 Å². The van der Waals surface area contributed by atoms with Crippen LogP contribution in [0.5, 0.6) is 0 Å². The fourth-order valence-electron chi connectivity index (χ4n) is 8.75. The first kappa shape index (κ1) is 35.1. The minimum absolute atomic E-state index is 0.0590. The van der Waals surface area contributed by atoms with Crippen molar-refractivity contribution in [3.63, 3.8) is 0 Å². The monoisotopic (exact) mass is 674 g/mol. The van der Waals surface area contributed by atoms with E-state index in [2.05, 4.69) is 20.2 Å². The zero-order valence-electron chi connectivity index (χ0n) is 28.6. The maximum Gasteiger partial charge on any atom is 0.303 e. The van der Waals surface area contributed by atoms with Gasteiger partial charge in [0.2, 0.25) is 5.91 Å². The molecule has 0 bridgehead atoms. The van der Waals surface area contributed by atoms with Crippen LogP contribution in [0.3, 0.4) is 0 Å². The molecule has 2 aliphatic carbocycles. The third-order valence-corrected chi connectivity index (χ3v) is 11.3. The van der Waals surface area contributed by atoms with Gasteiger partial charge in [0.05, 0.1) is 0 Å². The predicted molar refractivity (Wildman–Crippen MR) is 190 cm³/mol. The molecule has 2 saturated heterocycles. The number of benzene rings is 2. The van der Waals surface area contributed by atoms with E-state index in [-0.39, 0.29) is 24.0 Å². The Kier molecular flexibility index (Phi) is 12.0. The molecule has 4 fully saturated rings. The largest absolute Gasteiger partial charge is 0.481 e. The highest BCUT2D eigenvalue weighted by Crippen LogP contribution is 2.36. The summed E-state index contributed by atoms with van der Waals surface area (Å²) in [6, 6.07) is 10.6. The van der Waals surface area contributed by atoms with Crippen LogP contribution in [0, 0.1) is 23.5 Å². The highest BCUT2D eigenvalue weighted by atomic mass is 19.1. The number of likely N-dealkylation sites (tertiary alicyclic amines) is 1. The number of hydrogen-bond donors (Lipinski definition) is 4. The van der Waals surface area contributed by atoms with E-state index in [9.17, 15) is 18.4 Å². The summed E-state index contributed by atoms with van der Waals surface area (Å²) in [6.07, 6.45) is 21.6. The maximum atomic E-state index is 13.5. The lowest BCUT2D eigenvalue weighted by molar-refractivity contribution is -0.138. The first-order valence-corrected chi connectivity index (χ1v) is 18.6. The number of aryl methyl sites for hydroxylation is 2. The smallest absolute Gasteiger partial charge is 0.303 e. The van der Waals surface area contributed by atoms with E-state index in [1.165, 1.54) is 95.4 Å². The lowest BCUT2D eigenvalue weighted by atomic mass is 9.78. The normalized spacial score (nSPS) is 23.4. The number of nitrogens with one attached hydrogen (secondary N) is 3. The molecule has 1 amide bonds. The number of aromatic nitrogens is 2. The molecule has 4 atom stereocenters. The zero-order chi connectivity index (χ0) is 34.2. The topological polar surface area (TPSA) is 101 Å². The number of nitrogens with zero attached hydrogens (tertiary/aromatic N) is 1. The maximum absolute atomic E-state index is 13.5. The van der Waals surface area contributed by atoms with E-state index < -0.39 is 5.97 Å². The number of aromatic amines is 2. The van der Waals surface area contributed by atoms with E-state index in [0.717, 1.165) is 63.8 Å². The number of aliphatic carboxylic acids is 1. The molecule has 49 heavy (non-hydrogen) atoms. The van der Waals surface area contributed by atoms with Gasteiger partial charge in [-0.3, -0.25) is 9.59 Å². The van der Waals surface area contributed by atoms with Crippen molar-refractivity contribution in [3.05, 3.63) is 71.6 Å². The van der Waals surface area contributed by atoms with Crippen molar-refractivity contribution in [2.45, 2.75) is 115 Å². The molecule has 4 N–H and O–H groups in total. The molecule has 8 rings (SSSR count). The van der Waals surface area contributed by atoms with Crippen LogP contribution in [-0.2, 0) is 22.4 Å². The summed E-state index contributed by atoms with van der Waals surface area (Å²) in [7, 11) is 0. The summed E-state index contributed by atoms with van der Waals surface area (Å²) in [5.41, 5.74) is 3.64. The van der Waals surface area contributed by atoms with Crippen LogP contribution in [0.15, 0.2) is 48.8 Å². The van der Waals surface area contributed by atoms with E-state index in [4.69, 9.17) is 5.11 Å². The van der Waals surface area contributed by atoms with E-state index in [0.29, 0.717) is 25.3 Å². The molecule has 264 valence electrons. The summed E-state index contributed by atoms with van der Waals surface area (Å²) in [5.74, 6) is 0.661. The van der Waals surface area contributed by atoms with Crippen LogP contribution < -0.4 is 5.32 Å². The Morgan fingerprint density at radius 1 is 0.714 bits per heavy atom. The van der Waals surface area contributed by atoms with Crippen LogP contribution in [0.2, 0.25) is 0 Å². The second-order valence-corrected chi connectivity index (χ2v) is 14.5. The number of carbonyl (C=O) groups excluding carboxylic acids is 1. The summed E-state index contributed by atoms with van der Waals surface area (Å²) >= 11 is 0. The molecule has 4 aromatic rings. The number of carboxylic acid groups (broad SMARTS) is 1. The van der Waals surface area contributed by atoms with Gasteiger partial charge in [0.15, 0.2) is 0 Å². The standard InChI is InChI=1S/C20H25FN2O.C11H10FNO2.C9H17N/c21-16-8-9-18-17(12-16)15(13-22-18)7-10-20(24)23-11-3-5-14-4-1-2-6-19(14)23;12-8-2-3-10-9(5-8)7(6-13-10)1-4-11(14)15;1-2-6-9-8(4-1)5-3-7-10-9/h8-9,12-14,19,22H,1-7,10-11H2;2-3,5-6,13H,1,4H2,(H,14,15);8-10H,1-7H2. The predicted octanol–water partition coefficient (Wildman–Crippen LogP) is 8.67. The van der Waals surface area contributed by atoms with E-state index >= 15 is 0 Å². The third-order valence-electron chi connectivity index (χ3n) is 11.3. The number of H-pyrrole nitrogens is 2. The Hall–Kier alpha value is -3.72. The van der Waals surface area contributed by atoms with Gasteiger partial charge < -0.3 is 25.3 Å². The Morgan fingerprint density at radius 2 is 1.29 bits per heavy atom. The first-order valence-electron chi connectivity index (χ1n) is 18.6. The average Bonchev–Trinajstić information content (AvgIpc) is 3.73. The molecule has 4 aliphatic rings. The SMILES string of the molecule is C1CCC2NCCCC2C1.O=C(CCc1c[nH]c2ccc(F)cc12)N1CCCC2CCCCC21.O=C(O)CCc1c[nH]c2ccc(F)cc12. The number of hydrogen-bond acceptors (Lipinski definition) is 3. The summed E-state index contributed by atoms with van der Waals surface area (Å²) in [5, 5.41) is 13.8. The number of rotatable bonds is 6. The van der Waals surface area contributed by atoms with Crippen molar-refractivity contribution < 1.29 is 23.5 Å². The van der Waals surface area contributed by atoms with Crippen LogP contribution in [-0.4, -0.2) is 57.0 Å². The Balaban J connectivity index is 0.000000141. The second kappa shape index (κ2) is 16.8. The number of piperidine rings is 2. The van der Waals surface area contributed by atoms with Gasteiger partial charge in [-0.05, 0) is 130 Å². The van der Waals surface area contributed by atoms with Crippen molar-refractivity contribution in [2.24, 2.45) is 11.8 Å². The molecule has 2 aromatic carbocycles. The number of carboxylic acids is 1. The molecule has 9 heteroatoms. The van der Waals surface area contributed by atoms with Crippen LogP contribution in [0.25, 0.3) is 21.8 Å². The molecule has 7 nitrogen and oxygen atoms in total. The van der Waals surface area contributed by atoms with Gasteiger partial charge in [-0.1, -0.05) is 25.7 Å². The molecular weight excluding hydrogens is 622 g/mol. The van der Waals surface area contributed by atoms with Crippen molar-refractivity contribution >= 4 is 33.7 Å². The zero-order valence-corrected chi connectivity index (χ0v) is 28.6. The fraction of sp³-hybridized carbons (Fsp3) is 0.550. The number of halogens is 2. The third kappa shape index (κ3) is 9.10. The van der Waals surface area contributed by atoms with Crippen molar-refractivity contribution in [3.8, 4) is 0 Å². The van der Waals surface area contributed by atoms with Crippen molar-refractivity contribution in [1.82, 2.24) is 20.2 Å². The Labute approximate surface area is 288 Å². The second-order valence-electron chi connectivity index (χ2n) is 14.5. The highest BCUT2D eigenvalue weighted by Gasteiger charge is 2.35. The van der Waals surface area contributed by atoms with Gasteiger partial charge in [-0.2, -0.15) is 0 Å². The highest BCUT2D eigenvalue weighted by molar-refractivity contribution is 5.85. The van der Waals surface area contributed by atoms with E-state index in [1.54, 1.807) is 24.4 Å². The number of fused-ring (bicyclic) bond motifs is 4. The molecular formula is C40H52F2N4O3. The molecule has 4 heterocycles. The quantitative estimate of drug-likeness (QED) is 0.164. The molecule has 2 aromatic heterocycles. The number of carbonyl (C=O) groups is 2. The summed E-state index contributed by atoms with van der Waals surface area (Å²) < 4.78 is 26.4. The summed E-state index contributed by atoms with van der Waals surface area (Å²) in [6.45, 7) is 2.20. The lowest BCUT2D eigenvalue weighted by Gasteiger charge is -2.44. The average molecular weight is 675 g/mol. The molecule has 0 radical (unpaired) electrons. The molecule has 4 unspecified atom stereocenters. The summed E-state index contributed by atoms with van der Waals surface area (Å²) in [4.78, 5) is 31.5. The lowest BCUT2D eigenvalue weighted by Crippen LogP contribution is -2.49. The van der Waals surface area contributed by atoms with Gasteiger partial charge in [0, 0.05) is 65.7 Å². The molecule has 0 spiro atoms. The number of amides is 1. The van der Waals surface area contributed by atoms with Gasteiger partial charge in [-0.25, -0.2) is 8.78 Å².